The molecule has 3 nitrogen and oxygen atoms in total. The molecule has 2 aliphatic rings. The zero-order valence-corrected chi connectivity index (χ0v) is 8.19. The summed E-state index contributed by atoms with van der Waals surface area (Å²) in [5.74, 6) is 1.33. The topological polar surface area (TPSA) is 43.1 Å². The van der Waals surface area contributed by atoms with Crippen molar-refractivity contribution >= 4 is 0 Å². The van der Waals surface area contributed by atoms with Crippen LogP contribution in [0.5, 0.6) is 0 Å². The highest BCUT2D eigenvalue weighted by Gasteiger charge is 2.27. The highest BCUT2D eigenvalue weighted by Crippen LogP contribution is 2.40. The lowest BCUT2D eigenvalue weighted by Gasteiger charge is -2.08. The summed E-state index contributed by atoms with van der Waals surface area (Å²) in [6.45, 7) is 0.122. The van der Waals surface area contributed by atoms with Gasteiger partial charge in [-0.3, -0.25) is 10.1 Å². The van der Waals surface area contributed by atoms with Crippen LogP contribution in [0.15, 0.2) is 23.8 Å². The Kier molecular flexibility index (Phi) is 2.66. The monoisotopic (exact) mass is 193 g/mol. The Hall–Kier alpha value is -1.12. The fourth-order valence-corrected chi connectivity index (χ4v) is 2.36. The molecule has 0 spiro atoms. The number of unbranched alkanes of at least 4 members (excludes halogenated alkanes) is 1. The van der Waals surface area contributed by atoms with Crippen LogP contribution in [0.2, 0.25) is 0 Å². The first-order valence-corrected chi connectivity index (χ1v) is 5.26. The van der Waals surface area contributed by atoms with Crippen LogP contribution >= 0.6 is 0 Å². The van der Waals surface area contributed by atoms with Gasteiger partial charge in [-0.05, 0) is 31.1 Å². The molecule has 0 amide bonds. The summed E-state index contributed by atoms with van der Waals surface area (Å²) >= 11 is 0. The molecule has 0 saturated heterocycles. The molecule has 2 aliphatic carbocycles. The number of allylic oxidation sites excluding steroid dienone is 4. The van der Waals surface area contributed by atoms with Crippen LogP contribution in [0, 0.1) is 22.0 Å². The molecule has 0 heterocycles. The van der Waals surface area contributed by atoms with E-state index in [0.717, 1.165) is 12.8 Å². The third kappa shape index (κ3) is 2.03. The van der Waals surface area contributed by atoms with Gasteiger partial charge in [-0.15, -0.1) is 0 Å². The average molecular weight is 193 g/mol. The predicted molar refractivity (Wildman–Crippen MR) is 54.5 cm³/mol. The molecule has 0 aromatic carbocycles. The molecule has 2 bridgehead atoms. The van der Waals surface area contributed by atoms with Gasteiger partial charge in [-0.25, -0.2) is 0 Å². The molecule has 0 aromatic rings. The van der Waals surface area contributed by atoms with Crippen molar-refractivity contribution in [1.29, 1.82) is 0 Å². The second-order valence-electron chi connectivity index (χ2n) is 4.15. The van der Waals surface area contributed by atoms with Gasteiger partial charge in [0.05, 0.1) is 0 Å². The van der Waals surface area contributed by atoms with Gasteiger partial charge in [0, 0.05) is 11.3 Å². The van der Waals surface area contributed by atoms with Crippen molar-refractivity contribution in [3.63, 3.8) is 0 Å². The summed E-state index contributed by atoms with van der Waals surface area (Å²) < 4.78 is 0. The molecule has 0 unspecified atom stereocenters. The molecule has 2 rings (SSSR count). The van der Waals surface area contributed by atoms with E-state index in [1.807, 2.05) is 0 Å². The van der Waals surface area contributed by atoms with Gasteiger partial charge >= 0.3 is 0 Å². The lowest BCUT2D eigenvalue weighted by atomic mass is 9.98. The van der Waals surface area contributed by atoms with E-state index in [0.29, 0.717) is 18.3 Å². The van der Waals surface area contributed by atoms with Gasteiger partial charge in [-0.1, -0.05) is 23.8 Å². The molecular formula is C11H15NO2. The molecule has 0 aromatic heterocycles. The Morgan fingerprint density at radius 2 is 2.29 bits per heavy atom. The Balaban J connectivity index is 1.68. The van der Waals surface area contributed by atoms with Crippen LogP contribution in [-0.4, -0.2) is 11.5 Å². The van der Waals surface area contributed by atoms with Gasteiger partial charge in [0.2, 0.25) is 6.54 Å². The van der Waals surface area contributed by atoms with Crippen molar-refractivity contribution in [3.8, 4) is 0 Å². The first-order chi connectivity index (χ1) is 6.75. The summed E-state index contributed by atoms with van der Waals surface area (Å²) in [7, 11) is 0. The lowest BCUT2D eigenvalue weighted by molar-refractivity contribution is -0.480. The van der Waals surface area contributed by atoms with Gasteiger partial charge in [-0.2, -0.15) is 0 Å². The lowest BCUT2D eigenvalue weighted by Crippen LogP contribution is -2.01. The van der Waals surface area contributed by atoms with Gasteiger partial charge < -0.3 is 0 Å². The molecule has 0 saturated carbocycles. The fraction of sp³-hybridized carbons (Fsp3) is 0.636. The zero-order chi connectivity index (χ0) is 9.97. The van der Waals surface area contributed by atoms with Crippen molar-refractivity contribution in [2.75, 3.05) is 6.54 Å². The van der Waals surface area contributed by atoms with Crippen molar-refractivity contribution < 1.29 is 4.92 Å². The van der Waals surface area contributed by atoms with Crippen LogP contribution in [0.25, 0.3) is 0 Å². The Bertz CT molecular complexity index is 294. The third-order valence-corrected chi connectivity index (χ3v) is 3.08. The number of hydrogen-bond donors (Lipinski definition) is 0. The largest absolute Gasteiger partial charge is 0.265 e. The summed E-state index contributed by atoms with van der Waals surface area (Å²) in [6, 6.07) is 0. The Labute approximate surface area is 83.7 Å². The third-order valence-electron chi connectivity index (χ3n) is 3.08. The Morgan fingerprint density at radius 3 is 2.86 bits per heavy atom. The maximum absolute atomic E-state index is 10.1. The van der Waals surface area contributed by atoms with Crippen LogP contribution in [-0.2, 0) is 0 Å². The Morgan fingerprint density at radius 1 is 1.43 bits per heavy atom. The van der Waals surface area contributed by atoms with Crippen LogP contribution in [0.3, 0.4) is 0 Å². The smallest absolute Gasteiger partial charge is 0.203 e. The van der Waals surface area contributed by atoms with Gasteiger partial charge in [0.25, 0.3) is 0 Å². The van der Waals surface area contributed by atoms with E-state index in [2.05, 4.69) is 18.2 Å². The summed E-state index contributed by atoms with van der Waals surface area (Å²) in [6.07, 6.45) is 10.9. The van der Waals surface area contributed by atoms with Crippen molar-refractivity contribution in [3.05, 3.63) is 33.9 Å². The highest BCUT2D eigenvalue weighted by atomic mass is 16.6. The van der Waals surface area contributed by atoms with E-state index in [-0.39, 0.29) is 11.5 Å². The minimum Gasteiger partial charge on any atom is -0.265 e. The van der Waals surface area contributed by atoms with Crippen LogP contribution < -0.4 is 0 Å². The second kappa shape index (κ2) is 3.95. The molecule has 0 N–H and O–H groups in total. The number of hydrogen-bond acceptors (Lipinski definition) is 2. The maximum atomic E-state index is 10.1. The zero-order valence-electron chi connectivity index (χ0n) is 8.19. The van der Waals surface area contributed by atoms with Gasteiger partial charge in [0.15, 0.2) is 0 Å². The predicted octanol–water partition coefficient (Wildman–Crippen LogP) is 2.57. The maximum Gasteiger partial charge on any atom is 0.203 e. The molecule has 2 atom stereocenters. The second-order valence-corrected chi connectivity index (χ2v) is 4.15. The number of nitrogens with zero attached hydrogens (tertiary/aromatic N) is 1. The molecule has 0 fully saturated rings. The van der Waals surface area contributed by atoms with E-state index < -0.39 is 0 Å². The van der Waals surface area contributed by atoms with Crippen LogP contribution in [0.1, 0.15) is 25.7 Å². The summed E-state index contributed by atoms with van der Waals surface area (Å²) in [5, 5.41) is 10.1. The van der Waals surface area contributed by atoms with Crippen molar-refractivity contribution in [2.45, 2.75) is 25.7 Å². The molecule has 14 heavy (non-hydrogen) atoms. The van der Waals surface area contributed by atoms with E-state index in [4.69, 9.17) is 0 Å². The highest BCUT2D eigenvalue weighted by molar-refractivity contribution is 5.29. The average Bonchev–Trinajstić information content (AvgIpc) is 2.73. The molecule has 76 valence electrons. The molecule has 0 aliphatic heterocycles. The number of nitro groups is 1. The normalized spacial score (nSPS) is 28.1. The van der Waals surface area contributed by atoms with Crippen LogP contribution in [0.4, 0.5) is 0 Å². The SMILES string of the molecule is O=[N+]([O-])CCCCC1=C[C@H]2C=C[C@@H]1C2. The van der Waals surface area contributed by atoms with E-state index >= 15 is 0 Å². The quantitative estimate of drug-likeness (QED) is 0.291. The van der Waals surface area contributed by atoms with Crippen molar-refractivity contribution in [2.24, 2.45) is 11.8 Å². The standard InChI is InChI=1S/C11H15NO2/c13-12(14)6-2-1-3-10-7-9-4-5-11(10)8-9/h4-5,7,9,11H,1-3,6,8H2/t9-,11-/m1/s1. The number of fused-ring (bicyclic) bond motifs is 2. The summed E-state index contributed by atoms with van der Waals surface area (Å²) in [4.78, 5) is 9.88. The van der Waals surface area contributed by atoms with Crippen molar-refractivity contribution in [1.82, 2.24) is 0 Å². The van der Waals surface area contributed by atoms with E-state index in [1.165, 1.54) is 12.0 Å². The summed E-state index contributed by atoms with van der Waals surface area (Å²) in [5.41, 5.74) is 1.51. The first kappa shape index (κ1) is 9.44. The number of rotatable bonds is 5. The molecular weight excluding hydrogens is 178 g/mol. The minimum absolute atomic E-state index is 0.122. The first-order valence-electron chi connectivity index (χ1n) is 5.26. The minimum atomic E-state index is -0.227. The molecule has 3 heteroatoms. The fourth-order valence-electron chi connectivity index (χ4n) is 2.36. The van der Waals surface area contributed by atoms with E-state index in [9.17, 15) is 10.1 Å². The van der Waals surface area contributed by atoms with E-state index in [1.54, 1.807) is 0 Å². The molecule has 0 radical (unpaired) electrons. The van der Waals surface area contributed by atoms with Gasteiger partial charge in [0.1, 0.15) is 0 Å².